The zero-order valence-corrected chi connectivity index (χ0v) is 7.52. The van der Waals surface area contributed by atoms with Crippen LogP contribution in [-0.4, -0.2) is 33.6 Å². The topological polar surface area (TPSA) is 60.4 Å². The van der Waals surface area contributed by atoms with Crippen molar-refractivity contribution in [1.82, 2.24) is 0 Å². The zero-order chi connectivity index (χ0) is 8.69. The Morgan fingerprint density at radius 3 is 2.64 bits per heavy atom. The lowest BCUT2D eigenvalue weighted by Crippen LogP contribution is -2.16. The summed E-state index contributed by atoms with van der Waals surface area (Å²) < 4.78 is 10.9. The van der Waals surface area contributed by atoms with Crippen molar-refractivity contribution < 1.29 is 14.5 Å². The molecule has 3 nitrogen and oxygen atoms in total. The number of hydrogen-bond donors (Lipinski definition) is 1. The van der Waals surface area contributed by atoms with Crippen molar-refractivity contribution in [2.24, 2.45) is 0 Å². The summed E-state index contributed by atoms with van der Waals surface area (Å²) in [7, 11) is 0. The number of carbonyl (C=O) groups is 1. The van der Waals surface area contributed by atoms with Crippen molar-refractivity contribution in [3.63, 3.8) is 0 Å². The number of carbonyl (C=O) groups excluding carboxylic acids is 1. The van der Waals surface area contributed by atoms with Gasteiger partial charge >= 0.3 is 0 Å². The minimum Gasteiger partial charge on any atom is -0.616 e. The van der Waals surface area contributed by atoms with Crippen LogP contribution in [0.5, 0.6) is 0 Å². The Hall–Kier alpha value is -0.0600. The predicted molar refractivity (Wildman–Crippen MR) is 44.9 cm³/mol. The molecule has 66 valence electrons. The van der Waals surface area contributed by atoms with Crippen LogP contribution in [0.1, 0.15) is 19.8 Å². The van der Waals surface area contributed by atoms with Crippen LogP contribution in [-0.2, 0) is 16.0 Å². The smallest absolute Gasteiger partial charge is 0.137 e. The van der Waals surface area contributed by atoms with Crippen LogP contribution in [0, 0.1) is 0 Å². The highest BCUT2D eigenvalue weighted by Gasteiger charge is 2.07. The molecule has 1 unspecified atom stereocenters. The fourth-order valence-corrected chi connectivity index (χ4v) is 1.47. The molecule has 0 bridgehead atoms. The molecule has 0 aliphatic heterocycles. The van der Waals surface area contributed by atoms with Gasteiger partial charge in [0, 0.05) is 6.42 Å². The number of Topliss-reactive ketones (excluding diaryl/α,β-unsaturated/α-hetero) is 1. The van der Waals surface area contributed by atoms with Gasteiger partial charge in [0.1, 0.15) is 17.3 Å². The van der Waals surface area contributed by atoms with Crippen LogP contribution < -0.4 is 0 Å². The molecule has 1 atom stereocenters. The summed E-state index contributed by atoms with van der Waals surface area (Å²) in [6.45, 7) is 1.73. The molecule has 0 fully saturated rings. The van der Waals surface area contributed by atoms with E-state index >= 15 is 0 Å². The van der Waals surface area contributed by atoms with E-state index in [9.17, 15) is 9.35 Å². The van der Waals surface area contributed by atoms with Crippen molar-refractivity contribution in [1.29, 1.82) is 0 Å². The summed E-state index contributed by atoms with van der Waals surface area (Å²) in [6.07, 6.45) is 0.888. The molecule has 4 heteroatoms. The Bertz CT molecular complexity index is 116. The van der Waals surface area contributed by atoms with Crippen LogP contribution in [0.4, 0.5) is 0 Å². The molecule has 0 amide bonds. The number of hydrogen-bond acceptors (Lipinski definition) is 3. The van der Waals surface area contributed by atoms with Gasteiger partial charge in [0.05, 0.1) is 13.0 Å². The first kappa shape index (κ1) is 10.9. The van der Waals surface area contributed by atoms with Gasteiger partial charge in [0.2, 0.25) is 0 Å². The monoisotopic (exact) mass is 178 g/mol. The van der Waals surface area contributed by atoms with E-state index < -0.39 is 11.2 Å². The highest BCUT2D eigenvalue weighted by molar-refractivity contribution is 7.91. The number of aliphatic hydroxyl groups is 1. The van der Waals surface area contributed by atoms with E-state index in [1.165, 1.54) is 0 Å². The lowest BCUT2D eigenvalue weighted by molar-refractivity contribution is -0.118. The first-order valence-electron chi connectivity index (χ1n) is 3.68. The summed E-state index contributed by atoms with van der Waals surface area (Å²) in [4.78, 5) is 10.7. The van der Waals surface area contributed by atoms with Gasteiger partial charge < -0.3 is 9.66 Å². The van der Waals surface area contributed by atoms with Gasteiger partial charge in [-0.05, 0) is 0 Å². The fraction of sp³-hybridized carbons (Fsp3) is 0.857. The predicted octanol–water partition coefficient (Wildman–Crippen LogP) is 0.0966. The Kier molecular flexibility index (Phi) is 6.60. The Morgan fingerprint density at radius 1 is 1.55 bits per heavy atom. The summed E-state index contributed by atoms with van der Waals surface area (Å²) in [5, 5.41) is 8.38. The summed E-state index contributed by atoms with van der Waals surface area (Å²) in [6, 6.07) is 0. The molecule has 0 heterocycles. The molecule has 0 aromatic carbocycles. The maximum atomic E-state index is 10.9. The van der Waals surface area contributed by atoms with Crippen LogP contribution in [0.3, 0.4) is 0 Å². The van der Waals surface area contributed by atoms with E-state index in [0.29, 0.717) is 18.6 Å². The van der Waals surface area contributed by atoms with Gasteiger partial charge in [-0.2, -0.15) is 0 Å². The summed E-state index contributed by atoms with van der Waals surface area (Å²) >= 11 is -1.01. The van der Waals surface area contributed by atoms with E-state index in [4.69, 9.17) is 5.11 Å². The molecule has 0 aliphatic rings. The van der Waals surface area contributed by atoms with Crippen LogP contribution in [0.15, 0.2) is 0 Å². The molecule has 0 saturated heterocycles. The largest absolute Gasteiger partial charge is 0.616 e. The number of aliphatic hydroxyl groups excluding tert-OH is 1. The minimum atomic E-state index is -1.01. The summed E-state index contributed by atoms with van der Waals surface area (Å²) in [5.74, 6) is 0.820. The average molecular weight is 178 g/mol. The van der Waals surface area contributed by atoms with Crippen LogP contribution >= 0.6 is 0 Å². The summed E-state index contributed by atoms with van der Waals surface area (Å²) in [5.41, 5.74) is 0. The van der Waals surface area contributed by atoms with Crippen molar-refractivity contribution in [2.75, 3.05) is 18.1 Å². The van der Waals surface area contributed by atoms with Gasteiger partial charge in [0.25, 0.3) is 0 Å². The fourth-order valence-electron chi connectivity index (χ4n) is 0.608. The van der Waals surface area contributed by atoms with E-state index in [1.54, 1.807) is 6.92 Å². The standard InChI is InChI=1S/C7H14O3S/c1-2-7(9)3-5-11(10)6-4-8/h8H,2-6H2,1H3. The third kappa shape index (κ3) is 6.34. The highest BCUT2D eigenvalue weighted by atomic mass is 32.2. The third-order valence-electron chi connectivity index (χ3n) is 1.32. The first-order chi connectivity index (χ1) is 5.20. The second-order valence-corrected chi connectivity index (χ2v) is 3.91. The first-order valence-corrected chi connectivity index (χ1v) is 5.17. The molecule has 0 aromatic rings. The Labute approximate surface area is 70.0 Å². The van der Waals surface area contributed by atoms with Crippen LogP contribution in [0.25, 0.3) is 0 Å². The van der Waals surface area contributed by atoms with Crippen molar-refractivity contribution in [2.45, 2.75) is 19.8 Å². The molecule has 0 aromatic heterocycles. The van der Waals surface area contributed by atoms with Gasteiger partial charge in [-0.3, -0.25) is 4.79 Å². The van der Waals surface area contributed by atoms with Crippen LogP contribution in [0.2, 0.25) is 0 Å². The highest BCUT2D eigenvalue weighted by Crippen LogP contribution is 1.96. The van der Waals surface area contributed by atoms with Gasteiger partial charge in [-0.15, -0.1) is 0 Å². The van der Waals surface area contributed by atoms with Crippen molar-refractivity contribution in [3.8, 4) is 0 Å². The average Bonchev–Trinajstić information content (AvgIpc) is 2.01. The quantitative estimate of drug-likeness (QED) is 0.587. The number of ketones is 1. The SMILES string of the molecule is CCC(=O)CC[S+]([O-])CCO. The molecular weight excluding hydrogens is 164 g/mol. The van der Waals surface area contributed by atoms with Crippen molar-refractivity contribution in [3.05, 3.63) is 0 Å². The lowest BCUT2D eigenvalue weighted by Gasteiger charge is -2.07. The molecule has 0 aliphatic carbocycles. The van der Waals surface area contributed by atoms with E-state index in [2.05, 4.69) is 0 Å². The van der Waals surface area contributed by atoms with Gasteiger partial charge in [0.15, 0.2) is 0 Å². The van der Waals surface area contributed by atoms with E-state index in [1.807, 2.05) is 0 Å². The third-order valence-corrected chi connectivity index (χ3v) is 2.62. The zero-order valence-electron chi connectivity index (χ0n) is 6.71. The maximum absolute atomic E-state index is 10.9. The Balaban J connectivity index is 3.29. The molecular formula is C7H14O3S. The van der Waals surface area contributed by atoms with Gasteiger partial charge in [-0.1, -0.05) is 18.1 Å². The number of rotatable bonds is 6. The van der Waals surface area contributed by atoms with E-state index in [-0.39, 0.29) is 18.1 Å². The molecule has 0 rings (SSSR count). The Morgan fingerprint density at radius 2 is 2.18 bits per heavy atom. The van der Waals surface area contributed by atoms with E-state index in [0.717, 1.165) is 0 Å². The normalized spacial score (nSPS) is 13.0. The maximum Gasteiger partial charge on any atom is 0.137 e. The van der Waals surface area contributed by atoms with Gasteiger partial charge in [-0.25, -0.2) is 0 Å². The second-order valence-electron chi connectivity index (χ2n) is 2.21. The molecule has 1 N–H and O–H groups in total. The second kappa shape index (κ2) is 6.64. The molecule has 0 radical (unpaired) electrons. The molecule has 0 saturated carbocycles. The minimum absolute atomic E-state index is 0.0626. The van der Waals surface area contributed by atoms with Crippen molar-refractivity contribution >= 4 is 17.0 Å². The molecule has 0 spiro atoms. The molecule has 11 heavy (non-hydrogen) atoms. The lowest BCUT2D eigenvalue weighted by atomic mass is 10.2.